The third-order valence-corrected chi connectivity index (χ3v) is 4.20. The third-order valence-electron chi connectivity index (χ3n) is 3.90. The summed E-state index contributed by atoms with van der Waals surface area (Å²) < 4.78 is 8.15. The maximum Gasteiger partial charge on any atom is 0.222 e. The number of nitrogens with zero attached hydrogens (tertiary/aromatic N) is 2. The van der Waals surface area contributed by atoms with E-state index in [4.69, 9.17) is 17.0 Å². The lowest BCUT2D eigenvalue weighted by Gasteiger charge is -2.30. The molecular weight excluding hydrogens is 274 g/mol. The Hall–Kier alpha value is -1.82. The quantitative estimate of drug-likeness (QED) is 0.865. The van der Waals surface area contributed by atoms with E-state index < -0.39 is 0 Å². The van der Waals surface area contributed by atoms with Crippen LogP contribution >= 0.6 is 12.2 Å². The predicted molar refractivity (Wildman–Crippen MR) is 79.6 cm³/mol. The van der Waals surface area contributed by atoms with Gasteiger partial charge in [0.25, 0.3) is 0 Å². The summed E-state index contributed by atoms with van der Waals surface area (Å²) in [5, 5.41) is 0. The van der Waals surface area contributed by atoms with Crippen LogP contribution in [0, 0.1) is 4.77 Å². The van der Waals surface area contributed by atoms with Gasteiger partial charge in [-0.05, 0) is 30.8 Å². The fourth-order valence-electron chi connectivity index (χ4n) is 2.86. The van der Waals surface area contributed by atoms with E-state index in [2.05, 4.69) is 9.55 Å². The molecule has 1 atom stereocenters. The minimum Gasteiger partial charge on any atom is -0.494 e. The van der Waals surface area contributed by atoms with Gasteiger partial charge in [-0.3, -0.25) is 4.79 Å². The molecule has 6 heteroatoms. The van der Waals surface area contributed by atoms with Crippen molar-refractivity contribution in [3.8, 4) is 5.75 Å². The molecule has 1 amide bonds. The topological polar surface area (TPSA) is 50.3 Å². The molecule has 1 N–H and O–H groups in total. The molecule has 0 bridgehead atoms. The summed E-state index contributed by atoms with van der Waals surface area (Å²) in [6.45, 7) is 0.692. The van der Waals surface area contributed by atoms with E-state index in [0.717, 1.165) is 23.2 Å². The van der Waals surface area contributed by atoms with Gasteiger partial charge < -0.3 is 19.2 Å². The van der Waals surface area contributed by atoms with Crippen molar-refractivity contribution in [1.29, 1.82) is 0 Å². The van der Waals surface area contributed by atoms with E-state index in [1.165, 1.54) is 0 Å². The predicted octanol–water partition coefficient (Wildman–Crippen LogP) is 2.50. The monoisotopic (exact) mass is 291 g/mol. The van der Waals surface area contributed by atoms with Gasteiger partial charge in [-0.25, -0.2) is 0 Å². The van der Waals surface area contributed by atoms with E-state index in [1.54, 1.807) is 12.0 Å². The number of H-pyrrole nitrogens is 1. The summed E-state index contributed by atoms with van der Waals surface area (Å²) >= 11 is 5.46. The van der Waals surface area contributed by atoms with E-state index in [1.807, 2.05) is 25.2 Å². The number of benzene rings is 1. The zero-order valence-corrected chi connectivity index (χ0v) is 12.4. The van der Waals surface area contributed by atoms with Crippen LogP contribution in [0.25, 0.3) is 11.0 Å². The third kappa shape index (κ3) is 2.00. The number of likely N-dealkylation sites (N-methyl/N-ethyl adjacent to an activating group) is 1. The van der Waals surface area contributed by atoms with Crippen LogP contribution in [0.2, 0.25) is 0 Å². The van der Waals surface area contributed by atoms with Crippen molar-refractivity contribution in [3.05, 3.63) is 23.0 Å². The zero-order valence-electron chi connectivity index (χ0n) is 11.5. The Labute approximate surface area is 122 Å². The molecule has 5 nitrogen and oxygen atoms in total. The highest BCUT2D eigenvalue weighted by Gasteiger charge is 2.26. The second kappa shape index (κ2) is 4.94. The van der Waals surface area contributed by atoms with Crippen molar-refractivity contribution in [2.45, 2.75) is 18.9 Å². The molecule has 106 valence electrons. The molecule has 1 aliphatic heterocycles. The summed E-state index contributed by atoms with van der Waals surface area (Å²) in [6, 6.07) is 6.11. The highest BCUT2D eigenvalue weighted by atomic mass is 32.1. The number of imidazole rings is 1. The van der Waals surface area contributed by atoms with Crippen molar-refractivity contribution in [2.75, 3.05) is 20.7 Å². The smallest absolute Gasteiger partial charge is 0.222 e. The maximum atomic E-state index is 11.6. The van der Waals surface area contributed by atoms with Gasteiger partial charge in [0, 0.05) is 20.0 Å². The van der Waals surface area contributed by atoms with Crippen LogP contribution < -0.4 is 4.74 Å². The molecule has 20 heavy (non-hydrogen) atoms. The van der Waals surface area contributed by atoms with Crippen LogP contribution in [-0.4, -0.2) is 41.1 Å². The molecular formula is C14H17N3O2S. The van der Waals surface area contributed by atoms with Crippen LogP contribution in [0.15, 0.2) is 18.2 Å². The van der Waals surface area contributed by atoms with Crippen LogP contribution in [0.3, 0.4) is 0 Å². The van der Waals surface area contributed by atoms with Crippen molar-refractivity contribution in [2.24, 2.45) is 0 Å². The van der Waals surface area contributed by atoms with Crippen LogP contribution in [0.1, 0.15) is 18.9 Å². The van der Waals surface area contributed by atoms with Crippen molar-refractivity contribution < 1.29 is 9.53 Å². The molecule has 1 saturated heterocycles. The van der Waals surface area contributed by atoms with Gasteiger partial charge >= 0.3 is 0 Å². The van der Waals surface area contributed by atoms with Gasteiger partial charge in [0.1, 0.15) is 11.3 Å². The first-order chi connectivity index (χ1) is 9.61. The first-order valence-electron chi connectivity index (χ1n) is 6.63. The number of nitrogens with one attached hydrogen (secondary N) is 1. The summed E-state index contributed by atoms with van der Waals surface area (Å²) in [5.41, 5.74) is 1.95. The molecule has 0 saturated carbocycles. The van der Waals surface area contributed by atoms with Gasteiger partial charge in [0.15, 0.2) is 4.77 Å². The second-order valence-corrected chi connectivity index (χ2v) is 5.51. The fraction of sp³-hybridized carbons (Fsp3) is 0.429. The number of aromatic nitrogens is 2. The van der Waals surface area contributed by atoms with E-state index in [9.17, 15) is 4.79 Å². The average Bonchev–Trinajstić information content (AvgIpc) is 2.78. The fourth-order valence-corrected chi connectivity index (χ4v) is 3.21. The Morgan fingerprint density at radius 2 is 2.25 bits per heavy atom. The minimum atomic E-state index is 0.199. The Morgan fingerprint density at radius 3 is 2.95 bits per heavy atom. The largest absolute Gasteiger partial charge is 0.494 e. The van der Waals surface area contributed by atoms with Crippen molar-refractivity contribution >= 4 is 29.2 Å². The van der Waals surface area contributed by atoms with Crippen LogP contribution in [-0.2, 0) is 4.79 Å². The summed E-state index contributed by atoms with van der Waals surface area (Å²) in [6.07, 6.45) is 1.39. The van der Waals surface area contributed by atoms with Gasteiger partial charge in [-0.15, -0.1) is 0 Å². The van der Waals surface area contributed by atoms with Gasteiger partial charge in [-0.1, -0.05) is 6.07 Å². The number of para-hydroxylation sites is 1. The molecule has 1 aromatic heterocycles. The first-order valence-corrected chi connectivity index (χ1v) is 7.04. The van der Waals surface area contributed by atoms with Crippen LogP contribution in [0.5, 0.6) is 5.75 Å². The number of hydrogen-bond donors (Lipinski definition) is 1. The van der Waals surface area contributed by atoms with Gasteiger partial charge in [0.05, 0.1) is 18.7 Å². The Kier molecular flexibility index (Phi) is 3.25. The molecule has 2 heterocycles. The van der Waals surface area contributed by atoms with E-state index in [0.29, 0.717) is 17.7 Å². The molecule has 0 aliphatic carbocycles. The van der Waals surface area contributed by atoms with Crippen molar-refractivity contribution in [1.82, 2.24) is 14.5 Å². The number of carbonyl (C=O) groups is 1. The van der Waals surface area contributed by atoms with E-state index >= 15 is 0 Å². The molecule has 0 spiro atoms. The number of amides is 1. The number of carbonyl (C=O) groups excluding carboxylic acids is 1. The number of rotatable bonds is 2. The molecule has 0 radical (unpaired) electrons. The lowest BCUT2D eigenvalue weighted by Crippen LogP contribution is -2.37. The molecule has 1 aromatic carbocycles. The number of methoxy groups -OCH3 is 1. The number of aromatic amines is 1. The van der Waals surface area contributed by atoms with Gasteiger partial charge in [-0.2, -0.15) is 0 Å². The minimum absolute atomic E-state index is 0.199. The SMILES string of the molecule is COc1cccc2c1[nH]c(=S)n2C1CCC(=O)N(C)C1. The highest BCUT2D eigenvalue weighted by molar-refractivity contribution is 7.71. The number of fused-ring (bicyclic) bond motifs is 1. The first kappa shape index (κ1) is 13.2. The molecule has 1 aliphatic rings. The normalized spacial score (nSPS) is 19.6. The molecule has 2 aromatic rings. The maximum absolute atomic E-state index is 11.6. The summed E-state index contributed by atoms with van der Waals surface area (Å²) in [5.74, 6) is 0.984. The van der Waals surface area contributed by atoms with Crippen LogP contribution in [0.4, 0.5) is 0 Å². The summed E-state index contributed by atoms with van der Waals surface area (Å²) in [7, 11) is 3.49. The Morgan fingerprint density at radius 1 is 1.45 bits per heavy atom. The molecule has 1 fully saturated rings. The van der Waals surface area contributed by atoms with E-state index in [-0.39, 0.29) is 11.9 Å². The summed E-state index contributed by atoms with van der Waals surface area (Å²) in [4.78, 5) is 16.6. The second-order valence-electron chi connectivity index (χ2n) is 5.12. The number of piperidine rings is 1. The molecule has 3 rings (SSSR count). The standard InChI is InChI=1S/C14H17N3O2S/c1-16-8-9(6-7-12(16)18)17-10-4-3-5-11(19-2)13(10)15-14(17)20/h3-5,9H,6-8H2,1-2H3,(H,15,20). The Bertz CT molecular complexity index is 719. The number of likely N-dealkylation sites (tertiary alicyclic amines) is 1. The lowest BCUT2D eigenvalue weighted by molar-refractivity contribution is -0.132. The highest BCUT2D eigenvalue weighted by Crippen LogP contribution is 2.30. The number of hydrogen-bond acceptors (Lipinski definition) is 3. The van der Waals surface area contributed by atoms with Crippen molar-refractivity contribution in [3.63, 3.8) is 0 Å². The lowest BCUT2D eigenvalue weighted by atomic mass is 10.1. The zero-order chi connectivity index (χ0) is 14.3. The molecule has 1 unspecified atom stereocenters. The van der Waals surface area contributed by atoms with Gasteiger partial charge in [0.2, 0.25) is 5.91 Å². The Balaban J connectivity index is 2.10. The average molecular weight is 291 g/mol. The number of ether oxygens (including phenoxy) is 1.